The number of benzene rings is 1. The molecule has 0 saturated heterocycles. The largest absolute Gasteiger partial charge is 0.469 e. The van der Waals surface area contributed by atoms with Crippen LogP contribution in [0.4, 0.5) is 4.39 Å². The van der Waals surface area contributed by atoms with Crippen molar-refractivity contribution >= 4 is 11.9 Å². The van der Waals surface area contributed by atoms with Gasteiger partial charge in [0.05, 0.1) is 29.7 Å². The van der Waals surface area contributed by atoms with E-state index >= 15 is 0 Å². The Balaban J connectivity index is 1.93. The SMILES string of the molecule is COC(=O)CCCCCNC(=O)c1c(C)nn(-c2ccc(F)cc2)c1C. The third kappa shape index (κ3) is 4.91. The predicted octanol–water partition coefficient (Wildman–Crippen LogP) is 3.09. The first-order chi connectivity index (χ1) is 12.4. The normalized spacial score (nSPS) is 10.6. The number of rotatable bonds is 8. The van der Waals surface area contributed by atoms with Gasteiger partial charge in [-0.05, 0) is 51.0 Å². The number of nitrogens with zero attached hydrogens (tertiary/aromatic N) is 2. The minimum atomic E-state index is -0.319. The molecule has 1 aromatic heterocycles. The molecule has 1 aromatic carbocycles. The summed E-state index contributed by atoms with van der Waals surface area (Å²) in [5, 5.41) is 7.29. The van der Waals surface area contributed by atoms with Crippen molar-refractivity contribution in [2.75, 3.05) is 13.7 Å². The highest BCUT2D eigenvalue weighted by Gasteiger charge is 2.19. The number of ether oxygens (including phenoxy) is 1. The molecule has 26 heavy (non-hydrogen) atoms. The van der Waals surface area contributed by atoms with E-state index < -0.39 is 0 Å². The average molecular weight is 361 g/mol. The zero-order valence-electron chi connectivity index (χ0n) is 15.3. The van der Waals surface area contributed by atoms with Gasteiger partial charge in [-0.2, -0.15) is 5.10 Å². The van der Waals surface area contributed by atoms with Crippen LogP contribution in [0.25, 0.3) is 5.69 Å². The summed E-state index contributed by atoms with van der Waals surface area (Å²) in [6, 6.07) is 5.97. The molecule has 0 aliphatic carbocycles. The molecule has 6 nitrogen and oxygen atoms in total. The van der Waals surface area contributed by atoms with Crippen molar-refractivity contribution in [1.29, 1.82) is 0 Å². The number of aromatic nitrogens is 2. The summed E-state index contributed by atoms with van der Waals surface area (Å²) in [4.78, 5) is 23.5. The topological polar surface area (TPSA) is 73.2 Å². The number of hydrogen-bond donors (Lipinski definition) is 1. The van der Waals surface area contributed by atoms with E-state index in [9.17, 15) is 14.0 Å². The van der Waals surface area contributed by atoms with Crippen LogP contribution < -0.4 is 5.32 Å². The Morgan fingerprint density at radius 1 is 1.15 bits per heavy atom. The van der Waals surface area contributed by atoms with E-state index in [1.54, 1.807) is 23.7 Å². The Kier molecular flexibility index (Phi) is 6.89. The second-order valence-electron chi connectivity index (χ2n) is 6.08. The number of carbonyl (C=O) groups is 2. The molecule has 0 saturated carbocycles. The molecule has 0 spiro atoms. The molecule has 1 heterocycles. The summed E-state index contributed by atoms with van der Waals surface area (Å²) in [5.74, 6) is -0.713. The minimum absolute atomic E-state index is 0.179. The summed E-state index contributed by atoms with van der Waals surface area (Å²) < 4.78 is 19.3. The van der Waals surface area contributed by atoms with Crippen LogP contribution in [0.1, 0.15) is 47.4 Å². The Morgan fingerprint density at radius 3 is 2.50 bits per heavy atom. The zero-order chi connectivity index (χ0) is 19.1. The van der Waals surface area contributed by atoms with Crippen molar-refractivity contribution in [1.82, 2.24) is 15.1 Å². The first-order valence-corrected chi connectivity index (χ1v) is 8.61. The smallest absolute Gasteiger partial charge is 0.305 e. The molecule has 0 aliphatic heterocycles. The summed E-state index contributed by atoms with van der Waals surface area (Å²) >= 11 is 0. The van der Waals surface area contributed by atoms with Crippen LogP contribution in [0.3, 0.4) is 0 Å². The van der Waals surface area contributed by atoms with Crippen molar-refractivity contribution in [3.8, 4) is 5.69 Å². The van der Waals surface area contributed by atoms with Gasteiger partial charge in [0, 0.05) is 13.0 Å². The summed E-state index contributed by atoms with van der Waals surface area (Å²) in [7, 11) is 1.37. The highest BCUT2D eigenvalue weighted by atomic mass is 19.1. The molecule has 0 fully saturated rings. The van der Waals surface area contributed by atoms with Gasteiger partial charge in [-0.3, -0.25) is 9.59 Å². The van der Waals surface area contributed by atoms with E-state index in [0.29, 0.717) is 35.6 Å². The molecule has 0 radical (unpaired) electrons. The lowest BCUT2D eigenvalue weighted by Crippen LogP contribution is -2.25. The van der Waals surface area contributed by atoms with Gasteiger partial charge in [-0.1, -0.05) is 6.42 Å². The van der Waals surface area contributed by atoms with Crippen LogP contribution in [0.5, 0.6) is 0 Å². The quantitative estimate of drug-likeness (QED) is 0.579. The molecule has 0 aliphatic rings. The molecular weight excluding hydrogens is 337 g/mol. The fraction of sp³-hybridized carbons (Fsp3) is 0.421. The van der Waals surface area contributed by atoms with Crippen molar-refractivity contribution < 1.29 is 18.7 Å². The Bertz CT molecular complexity index is 769. The van der Waals surface area contributed by atoms with Gasteiger partial charge in [0.15, 0.2) is 0 Å². The second kappa shape index (κ2) is 9.12. The van der Waals surface area contributed by atoms with E-state index in [2.05, 4.69) is 15.2 Å². The predicted molar refractivity (Wildman–Crippen MR) is 95.8 cm³/mol. The summed E-state index contributed by atoms with van der Waals surface area (Å²) in [5.41, 5.74) is 2.56. The van der Waals surface area contributed by atoms with Crippen LogP contribution in [0.2, 0.25) is 0 Å². The molecule has 7 heteroatoms. The number of methoxy groups -OCH3 is 1. The molecule has 1 N–H and O–H groups in total. The van der Waals surface area contributed by atoms with E-state index in [1.807, 2.05) is 6.92 Å². The molecule has 140 valence electrons. The van der Waals surface area contributed by atoms with E-state index in [-0.39, 0.29) is 17.7 Å². The van der Waals surface area contributed by atoms with Crippen LogP contribution in [-0.2, 0) is 9.53 Å². The fourth-order valence-corrected chi connectivity index (χ4v) is 2.77. The lowest BCUT2D eigenvalue weighted by atomic mass is 10.1. The van der Waals surface area contributed by atoms with Gasteiger partial charge in [0.2, 0.25) is 0 Å². The van der Waals surface area contributed by atoms with Crippen molar-refractivity contribution in [3.05, 3.63) is 47.0 Å². The van der Waals surface area contributed by atoms with Gasteiger partial charge in [0.25, 0.3) is 5.91 Å². The Labute approximate surface area is 152 Å². The van der Waals surface area contributed by atoms with E-state index in [4.69, 9.17) is 0 Å². The van der Waals surface area contributed by atoms with Crippen LogP contribution >= 0.6 is 0 Å². The van der Waals surface area contributed by atoms with Gasteiger partial charge in [-0.25, -0.2) is 9.07 Å². The number of nitrogens with one attached hydrogen (secondary N) is 1. The van der Waals surface area contributed by atoms with Gasteiger partial charge in [0.1, 0.15) is 5.82 Å². The monoisotopic (exact) mass is 361 g/mol. The summed E-state index contributed by atoms with van der Waals surface area (Å²) in [6.07, 6.45) is 2.76. The second-order valence-corrected chi connectivity index (χ2v) is 6.08. The molecule has 0 bridgehead atoms. The summed E-state index contributed by atoms with van der Waals surface area (Å²) in [6.45, 7) is 4.12. The Morgan fingerprint density at radius 2 is 1.85 bits per heavy atom. The molecule has 1 amide bonds. The van der Waals surface area contributed by atoms with E-state index in [1.165, 1.54) is 19.2 Å². The first kappa shape index (κ1) is 19.6. The van der Waals surface area contributed by atoms with Crippen LogP contribution in [-0.4, -0.2) is 35.3 Å². The number of aryl methyl sites for hydroxylation is 1. The number of amides is 1. The molecular formula is C19H24FN3O3. The zero-order valence-corrected chi connectivity index (χ0v) is 15.3. The molecule has 0 atom stereocenters. The Hall–Kier alpha value is -2.70. The lowest BCUT2D eigenvalue weighted by Gasteiger charge is -2.07. The lowest BCUT2D eigenvalue weighted by molar-refractivity contribution is -0.140. The molecule has 0 unspecified atom stereocenters. The maximum atomic E-state index is 13.1. The van der Waals surface area contributed by atoms with Gasteiger partial charge < -0.3 is 10.1 Å². The highest BCUT2D eigenvalue weighted by Crippen LogP contribution is 2.18. The number of carbonyl (C=O) groups excluding carboxylic acids is 2. The third-order valence-electron chi connectivity index (χ3n) is 4.16. The van der Waals surface area contributed by atoms with Crippen molar-refractivity contribution in [2.24, 2.45) is 0 Å². The average Bonchev–Trinajstić information content (AvgIpc) is 2.92. The fourth-order valence-electron chi connectivity index (χ4n) is 2.77. The third-order valence-corrected chi connectivity index (χ3v) is 4.16. The standard InChI is InChI=1S/C19H24FN3O3/c1-13-18(19(25)21-12-6-4-5-7-17(24)26-3)14(2)23(22-13)16-10-8-15(20)9-11-16/h8-11H,4-7,12H2,1-3H3,(H,21,25). The van der Waals surface area contributed by atoms with Crippen molar-refractivity contribution in [2.45, 2.75) is 39.5 Å². The van der Waals surface area contributed by atoms with Gasteiger partial charge in [-0.15, -0.1) is 0 Å². The molecule has 2 aromatic rings. The molecule has 2 rings (SSSR count). The maximum absolute atomic E-state index is 13.1. The van der Waals surface area contributed by atoms with Gasteiger partial charge >= 0.3 is 5.97 Å². The minimum Gasteiger partial charge on any atom is -0.469 e. The number of unbranched alkanes of at least 4 members (excludes halogenated alkanes) is 2. The van der Waals surface area contributed by atoms with Crippen molar-refractivity contribution in [3.63, 3.8) is 0 Å². The first-order valence-electron chi connectivity index (χ1n) is 8.61. The number of esters is 1. The number of halogens is 1. The van der Waals surface area contributed by atoms with Crippen LogP contribution in [0.15, 0.2) is 24.3 Å². The van der Waals surface area contributed by atoms with E-state index in [0.717, 1.165) is 19.3 Å². The number of hydrogen-bond acceptors (Lipinski definition) is 4. The van der Waals surface area contributed by atoms with Crippen LogP contribution in [0, 0.1) is 19.7 Å². The maximum Gasteiger partial charge on any atom is 0.305 e. The highest BCUT2D eigenvalue weighted by molar-refractivity contribution is 5.96.